The number of para-hydroxylation sites is 1. The van der Waals surface area contributed by atoms with Gasteiger partial charge in [-0.15, -0.1) is 0 Å². The largest absolute Gasteiger partial charge is 0.345 e. The minimum absolute atomic E-state index is 0.389. The highest BCUT2D eigenvalue weighted by molar-refractivity contribution is 5.68. The van der Waals surface area contributed by atoms with Gasteiger partial charge >= 0.3 is 17.1 Å². The van der Waals surface area contributed by atoms with Crippen LogP contribution in [-0.4, -0.2) is 14.1 Å². The molecule has 4 rings (SSSR count). The molecule has 0 radical (unpaired) electrons. The van der Waals surface area contributed by atoms with Crippen LogP contribution in [0, 0.1) is 6.92 Å². The molecule has 0 amide bonds. The normalized spacial score (nSPS) is 10.8. The summed E-state index contributed by atoms with van der Waals surface area (Å²) < 4.78 is 1.91. The van der Waals surface area contributed by atoms with E-state index in [-0.39, 0.29) is 0 Å². The molecule has 138 valence electrons. The van der Waals surface area contributed by atoms with Crippen LogP contribution in [0.1, 0.15) is 5.56 Å². The summed E-state index contributed by atoms with van der Waals surface area (Å²) in [5, 5.41) is 0. The topological polar surface area (TPSA) is 76.9 Å². The molecule has 1 heterocycles. The maximum Gasteiger partial charge on any atom is 0.345 e. The highest BCUT2D eigenvalue weighted by Gasteiger charge is 2.14. The van der Waals surface area contributed by atoms with Gasteiger partial charge in [0.2, 0.25) is 0 Å². The van der Waals surface area contributed by atoms with Gasteiger partial charge in [-0.1, -0.05) is 54.6 Å². The van der Waals surface area contributed by atoms with Gasteiger partial charge in [0, 0.05) is 0 Å². The summed E-state index contributed by atoms with van der Waals surface area (Å²) in [4.78, 5) is 39.9. The van der Waals surface area contributed by atoms with Crippen molar-refractivity contribution >= 4 is 0 Å². The number of nitrogens with one attached hydrogen (secondary N) is 1. The van der Waals surface area contributed by atoms with Crippen molar-refractivity contribution in [2.75, 3.05) is 0 Å². The second kappa shape index (κ2) is 7.00. The quantitative estimate of drug-likeness (QED) is 0.601. The molecule has 4 aromatic rings. The average Bonchev–Trinajstić information content (AvgIpc) is 2.69. The molecule has 28 heavy (non-hydrogen) atoms. The van der Waals surface area contributed by atoms with Gasteiger partial charge < -0.3 is 0 Å². The number of aromatic amines is 1. The molecule has 0 aliphatic carbocycles. The predicted molar refractivity (Wildman–Crippen MR) is 108 cm³/mol. The number of hydrogen-bond acceptors (Lipinski definition) is 3. The highest BCUT2D eigenvalue weighted by Crippen LogP contribution is 2.24. The van der Waals surface area contributed by atoms with Gasteiger partial charge in [-0.25, -0.2) is 23.5 Å². The second-order valence-electron chi connectivity index (χ2n) is 6.39. The molecule has 0 saturated heterocycles. The zero-order valence-electron chi connectivity index (χ0n) is 15.1. The van der Waals surface area contributed by atoms with Gasteiger partial charge in [-0.3, -0.25) is 4.98 Å². The lowest BCUT2D eigenvalue weighted by atomic mass is 10.00. The molecule has 0 unspecified atom stereocenters. The van der Waals surface area contributed by atoms with Crippen LogP contribution in [0.4, 0.5) is 0 Å². The van der Waals surface area contributed by atoms with Crippen LogP contribution in [0.3, 0.4) is 0 Å². The Bertz CT molecular complexity index is 1320. The fourth-order valence-electron chi connectivity index (χ4n) is 3.24. The van der Waals surface area contributed by atoms with Crippen LogP contribution in [0.15, 0.2) is 93.2 Å². The Morgan fingerprint density at radius 1 is 0.679 bits per heavy atom. The third-order valence-electron chi connectivity index (χ3n) is 4.57. The van der Waals surface area contributed by atoms with Crippen molar-refractivity contribution in [2.45, 2.75) is 6.92 Å². The molecule has 3 aromatic carbocycles. The van der Waals surface area contributed by atoms with E-state index in [2.05, 4.69) is 4.98 Å². The van der Waals surface area contributed by atoms with Crippen molar-refractivity contribution in [1.82, 2.24) is 14.1 Å². The van der Waals surface area contributed by atoms with E-state index < -0.39 is 17.1 Å². The van der Waals surface area contributed by atoms with Crippen LogP contribution in [-0.2, 0) is 0 Å². The summed E-state index contributed by atoms with van der Waals surface area (Å²) in [5.74, 6) is 0. The van der Waals surface area contributed by atoms with Crippen LogP contribution < -0.4 is 17.1 Å². The lowest BCUT2D eigenvalue weighted by Crippen LogP contribution is -2.48. The molecule has 0 spiro atoms. The third kappa shape index (κ3) is 3.01. The Kier molecular flexibility index (Phi) is 4.37. The summed E-state index contributed by atoms with van der Waals surface area (Å²) in [6.07, 6.45) is 0. The van der Waals surface area contributed by atoms with Crippen LogP contribution >= 0.6 is 0 Å². The zero-order chi connectivity index (χ0) is 19.7. The Morgan fingerprint density at radius 2 is 1.25 bits per heavy atom. The Morgan fingerprint density at radius 3 is 1.86 bits per heavy atom. The number of hydrogen-bond donors (Lipinski definition) is 1. The highest BCUT2D eigenvalue weighted by atomic mass is 16.2. The van der Waals surface area contributed by atoms with E-state index in [0.717, 1.165) is 25.8 Å². The minimum Gasteiger partial charge on any atom is -0.258 e. The number of aromatic nitrogens is 3. The van der Waals surface area contributed by atoms with E-state index in [0.29, 0.717) is 11.4 Å². The second-order valence-corrected chi connectivity index (χ2v) is 6.39. The van der Waals surface area contributed by atoms with Gasteiger partial charge in [-0.2, -0.15) is 0 Å². The first-order chi connectivity index (χ1) is 13.6. The van der Waals surface area contributed by atoms with E-state index in [1.807, 2.05) is 43.3 Å². The van der Waals surface area contributed by atoms with E-state index in [1.165, 1.54) is 0 Å². The molecule has 0 bridgehead atoms. The van der Waals surface area contributed by atoms with Gasteiger partial charge in [0.1, 0.15) is 0 Å². The molecule has 0 fully saturated rings. The Balaban J connectivity index is 1.91. The van der Waals surface area contributed by atoms with Crippen molar-refractivity contribution in [2.24, 2.45) is 0 Å². The number of H-pyrrole nitrogens is 1. The smallest absolute Gasteiger partial charge is 0.258 e. The maximum atomic E-state index is 13.0. The molecule has 6 nitrogen and oxygen atoms in total. The number of benzene rings is 3. The van der Waals surface area contributed by atoms with Gasteiger partial charge in [-0.05, 0) is 47.9 Å². The van der Waals surface area contributed by atoms with E-state index in [4.69, 9.17) is 0 Å². The monoisotopic (exact) mass is 371 g/mol. The van der Waals surface area contributed by atoms with Crippen molar-refractivity contribution < 1.29 is 0 Å². The molecule has 6 heteroatoms. The summed E-state index contributed by atoms with van der Waals surface area (Å²) in [6, 6.07) is 23.7. The fourth-order valence-corrected chi connectivity index (χ4v) is 3.24. The summed E-state index contributed by atoms with van der Waals surface area (Å²) in [7, 11) is 0. The zero-order valence-corrected chi connectivity index (χ0v) is 15.1. The van der Waals surface area contributed by atoms with Gasteiger partial charge in [0.25, 0.3) is 0 Å². The molecule has 0 saturated carbocycles. The number of nitrogens with zero attached hydrogens (tertiary/aromatic N) is 2. The van der Waals surface area contributed by atoms with Crippen LogP contribution in [0.2, 0.25) is 0 Å². The first-order valence-corrected chi connectivity index (χ1v) is 8.76. The average molecular weight is 371 g/mol. The molecular weight excluding hydrogens is 354 g/mol. The Labute approximate surface area is 160 Å². The molecular formula is C22H17N3O3. The molecule has 1 N–H and O–H groups in total. The standard InChI is InChI=1S/C22H17N3O3/c1-15-14-18(12-13-19(15)16-8-4-2-5-9-16)25-21(27)23-20(26)24(22(25)28)17-10-6-3-7-11-17/h2-14H,1H3,(H,23,26,27). The van der Waals surface area contributed by atoms with Gasteiger partial charge in [0.15, 0.2) is 0 Å². The van der Waals surface area contributed by atoms with Crippen LogP contribution in [0.5, 0.6) is 0 Å². The van der Waals surface area contributed by atoms with Crippen molar-refractivity contribution in [1.29, 1.82) is 0 Å². The SMILES string of the molecule is Cc1cc(-n2c(=O)[nH]c(=O)n(-c3ccccc3)c2=O)ccc1-c1ccccc1. The number of aryl methyl sites for hydroxylation is 1. The van der Waals surface area contributed by atoms with Crippen molar-refractivity contribution in [3.05, 3.63) is 116 Å². The van der Waals surface area contributed by atoms with Crippen molar-refractivity contribution in [3.63, 3.8) is 0 Å². The predicted octanol–water partition coefficient (Wildman–Crippen LogP) is 2.65. The molecule has 0 aliphatic rings. The van der Waals surface area contributed by atoms with Gasteiger partial charge in [0.05, 0.1) is 11.4 Å². The van der Waals surface area contributed by atoms with Crippen LogP contribution in [0.25, 0.3) is 22.5 Å². The van der Waals surface area contributed by atoms with E-state index in [9.17, 15) is 14.4 Å². The Hall–Kier alpha value is -3.93. The van der Waals surface area contributed by atoms with E-state index in [1.54, 1.807) is 42.5 Å². The lowest BCUT2D eigenvalue weighted by molar-refractivity contribution is 0.714. The van der Waals surface area contributed by atoms with Crippen molar-refractivity contribution in [3.8, 4) is 22.5 Å². The van der Waals surface area contributed by atoms with E-state index >= 15 is 0 Å². The summed E-state index contributed by atoms with van der Waals surface area (Å²) in [5.41, 5.74) is 1.49. The number of rotatable bonds is 3. The maximum absolute atomic E-state index is 13.0. The minimum atomic E-state index is -0.769. The first-order valence-electron chi connectivity index (χ1n) is 8.76. The fraction of sp³-hybridized carbons (Fsp3) is 0.0455. The summed E-state index contributed by atoms with van der Waals surface area (Å²) in [6.45, 7) is 1.91. The first kappa shape index (κ1) is 17.5. The summed E-state index contributed by atoms with van der Waals surface area (Å²) >= 11 is 0. The molecule has 0 atom stereocenters. The molecule has 1 aromatic heterocycles. The third-order valence-corrected chi connectivity index (χ3v) is 4.57. The lowest BCUT2D eigenvalue weighted by Gasteiger charge is -2.12. The molecule has 0 aliphatic heterocycles.